The molecule has 648 valence electrons. The van der Waals surface area contributed by atoms with Crippen molar-refractivity contribution < 1.29 is 80.4 Å². The van der Waals surface area contributed by atoms with E-state index >= 15 is 0 Å². The number of fused-ring (bicyclic) bond motifs is 4. The third-order valence-corrected chi connectivity index (χ3v) is 21.0. The number of para-hydroxylation sites is 8. The molecule has 16 aromatic rings. The van der Waals surface area contributed by atoms with Gasteiger partial charge in [0.15, 0.2) is 0 Å². The van der Waals surface area contributed by atoms with E-state index in [2.05, 4.69) is 307 Å². The number of hydrogen-bond acceptors (Lipinski definition) is 17. The van der Waals surface area contributed by atoms with Crippen LogP contribution in [0.4, 0.5) is 103 Å². The number of benzene rings is 12. The fourth-order valence-electron chi connectivity index (χ4n) is 15.1. The smallest absolute Gasteiger partial charge is 0.124 e. The van der Waals surface area contributed by atoms with Gasteiger partial charge >= 0.3 is 0 Å². The second kappa shape index (κ2) is 44.3. The van der Waals surface area contributed by atoms with E-state index in [4.69, 9.17) is 0 Å². The van der Waals surface area contributed by atoms with E-state index in [0.29, 0.717) is 0 Å². The molecule has 0 saturated carbocycles. The molecule has 128 heavy (non-hydrogen) atoms. The van der Waals surface area contributed by atoms with Gasteiger partial charge in [-0.15, -0.1) is 90.7 Å². The second-order valence-electron chi connectivity index (χ2n) is 29.4. The van der Waals surface area contributed by atoms with Gasteiger partial charge in [-0.3, -0.25) is 0 Å². The SMILES string of the molecule is CN1C=CN(c2[c-]cccc2)[CH-]1.CN1[CH-]N(c2[c-]cccc2)C=N1.Cc1cccc(C)c1-c1c[c-]c(N2[CH-]N(c3ccccc3)c3cccnc32)cc1.Cc1cccc(C)c1-c1cc[c-]c(N2[CH-]N(c3ccccc3)c3cccnc32)c1.[Ir].[Ir].[Ir].[Ir].[c-]1ccccc1N1[CH-]N(c2ccccc2)c2cccnc21.[c-]1ccccc1N1[CH-]N(c2ccccc2)c2cccnc21. The van der Waals surface area contributed by atoms with Crippen LogP contribution < -0.4 is 49.0 Å². The van der Waals surface area contributed by atoms with Crippen LogP contribution in [0.25, 0.3) is 22.3 Å². The van der Waals surface area contributed by atoms with Gasteiger partial charge in [-0.25, -0.2) is 25.0 Å². The molecule has 21 heteroatoms. The standard InChI is InChI=1S/2C26H21N3.2C18H13N3.C10H10N2.C9H9N3.4Ir/c1-19-9-6-10-20(2)25(19)21-11-7-14-23(17-21)29-18-28(22-12-4-3-5-13-22)24-15-8-16-27-26(24)29;1-19-8-6-9-20(2)25(19)21-13-15-23(16-14-21)29-18-28(22-10-4-3-5-11-22)24-12-7-17-27-26(24)29;2*1-3-8-15(9-4-1)20-14-21(16-10-5-2-6-11-16)18-17(20)12-7-13-19-18;1-11-7-8-12(9-11)10-5-3-2-4-6-10;1-11-8-12(7-10-11)9-5-3-2-4-6-9;;;;/h3-13,15-18H,1-2H3;3-15,17-18H,1-2H3;2*1-10,12-14H;2-5,7-9H,1H3;2-5,7-8H,1H3;;;;/q6*-2;;;;. The molecule has 17 nitrogen and oxygen atoms in total. The first kappa shape index (κ1) is 92.5. The van der Waals surface area contributed by atoms with Gasteiger partial charge in [-0.2, -0.15) is 164 Å². The topological polar surface area (TPSA) is 103 Å². The first-order valence-corrected chi connectivity index (χ1v) is 40.7. The first-order valence-electron chi connectivity index (χ1n) is 40.7. The van der Waals surface area contributed by atoms with Crippen molar-refractivity contribution in [2.24, 2.45) is 5.10 Å². The van der Waals surface area contributed by atoms with Gasteiger partial charge in [0.2, 0.25) is 0 Å². The Morgan fingerprint density at radius 3 is 0.922 bits per heavy atom. The normalized spacial score (nSPS) is 13.2. The molecule has 0 N–H and O–H groups in total. The maximum Gasteiger partial charge on any atom is 0.124 e. The molecular formula is C107H87Ir4N17-12. The zero-order chi connectivity index (χ0) is 84.5. The summed E-state index contributed by atoms with van der Waals surface area (Å²) in [6.07, 6.45) is 13.1. The van der Waals surface area contributed by atoms with Crippen LogP contribution in [0.1, 0.15) is 22.3 Å². The summed E-state index contributed by atoms with van der Waals surface area (Å²) in [5.74, 6) is 3.66. The number of nitrogens with zero attached hydrogens (tertiary/aromatic N) is 17. The van der Waals surface area contributed by atoms with Gasteiger partial charge in [-0.05, 0) is 168 Å². The largest absolute Gasteiger partial charge is 0.510 e. The minimum absolute atomic E-state index is 0. The number of rotatable bonds is 12. The Bertz CT molecular complexity index is 5890. The third-order valence-electron chi connectivity index (χ3n) is 21.0. The molecule has 0 spiro atoms. The average Bonchev–Trinajstić information content (AvgIpc) is 1.60. The van der Waals surface area contributed by atoms with E-state index in [1.165, 1.54) is 44.5 Å². The molecule has 0 amide bonds. The summed E-state index contributed by atoms with van der Waals surface area (Å²) < 4.78 is 0. The third kappa shape index (κ3) is 21.4. The zero-order valence-electron chi connectivity index (χ0n) is 70.8. The molecule has 6 aliphatic rings. The zero-order valence-corrected chi connectivity index (χ0v) is 80.4. The molecule has 6 aliphatic heterocycles. The molecule has 0 aliphatic carbocycles. The van der Waals surface area contributed by atoms with Crippen molar-refractivity contribution in [3.8, 4) is 22.3 Å². The minimum Gasteiger partial charge on any atom is -0.510 e. The molecule has 10 heterocycles. The monoisotopic (exact) mass is 2380 g/mol. The predicted octanol–water partition coefficient (Wildman–Crippen LogP) is 24.9. The maximum atomic E-state index is 4.66. The van der Waals surface area contributed by atoms with Crippen LogP contribution >= 0.6 is 0 Å². The predicted molar refractivity (Wildman–Crippen MR) is 505 cm³/mol. The fourth-order valence-corrected chi connectivity index (χ4v) is 15.1. The van der Waals surface area contributed by atoms with Crippen LogP contribution in [0, 0.1) is 104 Å². The average molecular weight is 2380 g/mol. The van der Waals surface area contributed by atoms with Crippen LogP contribution in [0.3, 0.4) is 0 Å². The van der Waals surface area contributed by atoms with Gasteiger partial charge in [0.1, 0.15) is 23.3 Å². The summed E-state index contributed by atoms with van der Waals surface area (Å²) in [6, 6.07) is 134. The van der Waals surface area contributed by atoms with Crippen LogP contribution in [0.2, 0.25) is 0 Å². The molecule has 0 fully saturated rings. The number of hydrazone groups is 1. The Morgan fingerprint density at radius 1 is 0.258 bits per heavy atom. The van der Waals surface area contributed by atoms with Gasteiger partial charge in [0, 0.05) is 128 Å². The van der Waals surface area contributed by atoms with Crippen LogP contribution in [0.5, 0.6) is 0 Å². The van der Waals surface area contributed by atoms with E-state index < -0.39 is 0 Å². The first-order chi connectivity index (χ1) is 61.0. The van der Waals surface area contributed by atoms with E-state index in [1.54, 1.807) is 11.3 Å². The molecule has 0 atom stereocenters. The Labute approximate surface area is 806 Å². The molecule has 22 rings (SSSR count). The van der Waals surface area contributed by atoms with Crippen LogP contribution in [-0.4, -0.2) is 50.3 Å². The van der Waals surface area contributed by atoms with Gasteiger partial charge < -0.3 is 58.9 Å². The van der Waals surface area contributed by atoms with E-state index in [0.717, 1.165) is 103 Å². The van der Waals surface area contributed by atoms with E-state index in [9.17, 15) is 0 Å². The molecular weight excluding hydrogens is 2290 g/mol. The number of anilines is 18. The fraction of sp³-hybridized carbons (Fsp3) is 0.0561. The molecule has 4 aromatic heterocycles. The van der Waals surface area contributed by atoms with Crippen molar-refractivity contribution >= 4 is 109 Å². The van der Waals surface area contributed by atoms with Crippen molar-refractivity contribution in [1.29, 1.82) is 0 Å². The molecule has 12 aromatic carbocycles. The minimum atomic E-state index is 0. The quantitative estimate of drug-likeness (QED) is 0.108. The summed E-state index contributed by atoms with van der Waals surface area (Å²) in [5.41, 5.74) is 24.7. The van der Waals surface area contributed by atoms with Gasteiger partial charge in [0.25, 0.3) is 0 Å². The summed E-state index contributed by atoms with van der Waals surface area (Å²) in [6.45, 7) is 20.8. The van der Waals surface area contributed by atoms with Crippen molar-refractivity contribution in [1.82, 2.24) is 29.8 Å². The summed E-state index contributed by atoms with van der Waals surface area (Å²) >= 11 is 0. The molecule has 0 saturated heterocycles. The number of aromatic nitrogens is 4. The number of hydrogen-bond donors (Lipinski definition) is 0. The van der Waals surface area contributed by atoms with Crippen molar-refractivity contribution in [3.63, 3.8) is 0 Å². The van der Waals surface area contributed by atoms with Crippen LogP contribution in [-0.2, 0) is 80.4 Å². The Kier molecular flexibility index (Phi) is 32.0. The Balaban J connectivity index is 0.000000134. The summed E-state index contributed by atoms with van der Waals surface area (Å²) in [4.78, 5) is 41.2. The van der Waals surface area contributed by atoms with Crippen molar-refractivity contribution in [2.75, 3.05) is 63.1 Å². The Hall–Kier alpha value is -13.2. The van der Waals surface area contributed by atoms with E-state index in [-0.39, 0.29) is 80.4 Å². The van der Waals surface area contributed by atoms with Crippen molar-refractivity contribution in [3.05, 3.63) is 476 Å². The second-order valence-corrected chi connectivity index (χ2v) is 29.4. The molecule has 0 bridgehead atoms. The van der Waals surface area contributed by atoms with E-state index in [1.807, 2.05) is 267 Å². The van der Waals surface area contributed by atoms with Crippen LogP contribution in [0.15, 0.2) is 382 Å². The maximum absolute atomic E-state index is 4.66. The van der Waals surface area contributed by atoms with Gasteiger partial charge in [0.05, 0.1) is 29.1 Å². The summed E-state index contributed by atoms with van der Waals surface area (Å²) in [7, 11) is 3.89. The summed E-state index contributed by atoms with van der Waals surface area (Å²) in [5, 5.41) is 5.80. The van der Waals surface area contributed by atoms with Crippen molar-refractivity contribution in [2.45, 2.75) is 27.7 Å². The van der Waals surface area contributed by atoms with Gasteiger partial charge in [-0.1, -0.05) is 126 Å². The molecule has 4 radical (unpaired) electrons. The number of aryl methyl sites for hydroxylation is 4. The Morgan fingerprint density at radius 2 is 0.594 bits per heavy atom. The molecule has 0 unspecified atom stereocenters. The number of pyridine rings is 4.